The first kappa shape index (κ1) is 19.5. The maximum atomic E-state index is 13.1. The van der Waals surface area contributed by atoms with Gasteiger partial charge < -0.3 is 19.5 Å². The summed E-state index contributed by atoms with van der Waals surface area (Å²) < 4.78 is 18.3. The number of aromatic nitrogens is 2. The Bertz CT molecular complexity index is 1150. The smallest absolute Gasteiger partial charge is 0.270 e. The van der Waals surface area contributed by atoms with Gasteiger partial charge in [0, 0.05) is 11.1 Å². The molecule has 0 aliphatic carbocycles. The Morgan fingerprint density at radius 3 is 2.81 bits per heavy atom. The van der Waals surface area contributed by atoms with E-state index in [0.717, 1.165) is 40.3 Å². The van der Waals surface area contributed by atoms with Crippen LogP contribution in [0.2, 0.25) is 0 Å². The summed E-state index contributed by atoms with van der Waals surface area (Å²) >= 11 is 0. The second-order valence-corrected chi connectivity index (χ2v) is 8.30. The molecular formula is C24H25N3O4. The fraction of sp³-hybridized carbons (Fsp3) is 0.333. The van der Waals surface area contributed by atoms with Crippen molar-refractivity contribution >= 4 is 5.91 Å². The van der Waals surface area contributed by atoms with Crippen molar-refractivity contribution < 1.29 is 19.0 Å². The average molecular weight is 419 g/mol. The highest BCUT2D eigenvalue weighted by atomic mass is 16.7. The Morgan fingerprint density at radius 2 is 2.00 bits per heavy atom. The van der Waals surface area contributed by atoms with Crippen LogP contribution in [0.5, 0.6) is 17.2 Å². The van der Waals surface area contributed by atoms with Gasteiger partial charge >= 0.3 is 0 Å². The van der Waals surface area contributed by atoms with Gasteiger partial charge in [-0.25, -0.2) is 0 Å². The van der Waals surface area contributed by atoms with E-state index >= 15 is 0 Å². The van der Waals surface area contributed by atoms with Gasteiger partial charge in [0.1, 0.15) is 11.4 Å². The number of carbonyl (C=O) groups is 1. The zero-order valence-corrected chi connectivity index (χ0v) is 17.8. The van der Waals surface area contributed by atoms with Crippen LogP contribution in [0.15, 0.2) is 42.5 Å². The number of methoxy groups -OCH3 is 1. The molecule has 1 N–H and O–H groups in total. The van der Waals surface area contributed by atoms with Crippen LogP contribution in [-0.4, -0.2) is 29.6 Å². The molecule has 0 spiro atoms. The van der Waals surface area contributed by atoms with Crippen LogP contribution in [0.3, 0.4) is 0 Å². The van der Waals surface area contributed by atoms with E-state index in [-0.39, 0.29) is 18.7 Å². The largest absolute Gasteiger partial charge is 0.496 e. The van der Waals surface area contributed by atoms with Crippen molar-refractivity contribution in [2.24, 2.45) is 5.92 Å². The molecule has 0 saturated heterocycles. The highest BCUT2D eigenvalue weighted by Crippen LogP contribution is 2.40. The summed E-state index contributed by atoms with van der Waals surface area (Å²) in [7, 11) is 1.65. The van der Waals surface area contributed by atoms with Gasteiger partial charge in [-0.1, -0.05) is 38.1 Å². The normalized spacial score (nSPS) is 16.5. The molecular weight excluding hydrogens is 394 g/mol. The standard InChI is InChI=1S/C24H25N3O4/c1-14(2)10-17-21-22(15-8-9-19-20(11-15)31-13-30-19)25-24(28)23(21)27(26-17)12-16-6-4-5-7-18(16)29-3/h4-9,11,14,22H,10,12-13H2,1-3H3,(H,25,28). The Hall–Kier alpha value is -3.48. The third-order valence-corrected chi connectivity index (χ3v) is 5.69. The zero-order valence-electron chi connectivity index (χ0n) is 17.8. The lowest BCUT2D eigenvalue weighted by molar-refractivity contribution is 0.0950. The minimum Gasteiger partial charge on any atom is -0.496 e. The predicted molar refractivity (Wildman–Crippen MR) is 115 cm³/mol. The molecule has 1 aromatic heterocycles. The van der Waals surface area contributed by atoms with Crippen molar-refractivity contribution in [3.63, 3.8) is 0 Å². The third kappa shape index (κ3) is 3.40. The lowest BCUT2D eigenvalue weighted by atomic mass is 9.96. The first-order chi connectivity index (χ1) is 15.0. The maximum absolute atomic E-state index is 13.1. The molecule has 3 aromatic rings. The average Bonchev–Trinajstić information content (AvgIpc) is 3.44. The van der Waals surface area contributed by atoms with Gasteiger partial charge in [-0.05, 0) is 36.1 Å². The topological polar surface area (TPSA) is 74.6 Å². The number of fused-ring (bicyclic) bond motifs is 2. The molecule has 2 aliphatic heterocycles. The Kier molecular flexibility index (Phi) is 4.81. The first-order valence-electron chi connectivity index (χ1n) is 10.5. The molecule has 2 aliphatic rings. The molecule has 3 heterocycles. The SMILES string of the molecule is COc1ccccc1Cn1nc(CC(C)C)c2c1C(=O)NC2c1ccc2c(c1)OCO2. The molecule has 1 atom stereocenters. The van der Waals surface area contributed by atoms with Crippen molar-refractivity contribution in [3.05, 3.63) is 70.5 Å². The van der Waals surface area contributed by atoms with E-state index < -0.39 is 0 Å². The molecule has 2 aromatic carbocycles. The maximum Gasteiger partial charge on any atom is 0.270 e. The van der Waals surface area contributed by atoms with E-state index in [1.807, 2.05) is 47.1 Å². The van der Waals surface area contributed by atoms with E-state index in [1.54, 1.807) is 7.11 Å². The summed E-state index contributed by atoms with van der Waals surface area (Å²) in [6.45, 7) is 5.00. The Labute approximate surface area is 180 Å². The third-order valence-electron chi connectivity index (χ3n) is 5.69. The lowest BCUT2D eigenvalue weighted by Crippen LogP contribution is -2.23. The highest BCUT2D eigenvalue weighted by Gasteiger charge is 2.38. The number of nitrogens with one attached hydrogen (secondary N) is 1. The van der Waals surface area contributed by atoms with Crippen LogP contribution in [0.4, 0.5) is 0 Å². The fourth-order valence-corrected chi connectivity index (χ4v) is 4.33. The highest BCUT2D eigenvalue weighted by molar-refractivity contribution is 5.98. The monoisotopic (exact) mass is 419 g/mol. The number of rotatable bonds is 6. The Balaban J connectivity index is 1.59. The van der Waals surface area contributed by atoms with Gasteiger partial charge in [0.05, 0.1) is 25.4 Å². The van der Waals surface area contributed by atoms with Crippen molar-refractivity contribution in [2.75, 3.05) is 13.9 Å². The van der Waals surface area contributed by atoms with Gasteiger partial charge in [0.15, 0.2) is 11.5 Å². The molecule has 5 rings (SSSR count). The van der Waals surface area contributed by atoms with Gasteiger partial charge in [-0.3, -0.25) is 9.48 Å². The molecule has 0 saturated carbocycles. The summed E-state index contributed by atoms with van der Waals surface area (Å²) in [4.78, 5) is 13.1. The van der Waals surface area contributed by atoms with E-state index in [9.17, 15) is 4.79 Å². The lowest BCUT2D eigenvalue weighted by Gasteiger charge is -2.14. The number of benzene rings is 2. The molecule has 7 heteroatoms. The van der Waals surface area contributed by atoms with Crippen molar-refractivity contribution in [3.8, 4) is 17.2 Å². The molecule has 1 unspecified atom stereocenters. The number of hydrogen-bond acceptors (Lipinski definition) is 5. The van der Waals surface area contributed by atoms with Crippen LogP contribution >= 0.6 is 0 Å². The Morgan fingerprint density at radius 1 is 1.19 bits per heavy atom. The van der Waals surface area contributed by atoms with Gasteiger partial charge in [0.2, 0.25) is 6.79 Å². The van der Waals surface area contributed by atoms with Crippen LogP contribution in [0, 0.1) is 5.92 Å². The number of amides is 1. The molecule has 0 fully saturated rings. The summed E-state index contributed by atoms with van der Waals surface area (Å²) in [6, 6.07) is 13.4. The van der Waals surface area contributed by atoms with Gasteiger partial charge in [-0.15, -0.1) is 0 Å². The number of carbonyl (C=O) groups excluding carboxylic acids is 1. The van der Waals surface area contributed by atoms with Crippen LogP contribution in [0.1, 0.15) is 52.8 Å². The summed E-state index contributed by atoms with van der Waals surface area (Å²) in [5, 5.41) is 8.03. The molecule has 1 amide bonds. The minimum atomic E-state index is -0.267. The molecule has 0 radical (unpaired) electrons. The second kappa shape index (κ2) is 7.65. The van der Waals surface area contributed by atoms with Crippen molar-refractivity contribution in [2.45, 2.75) is 32.9 Å². The fourth-order valence-electron chi connectivity index (χ4n) is 4.33. The number of nitrogens with zero attached hydrogens (tertiary/aromatic N) is 2. The minimum absolute atomic E-state index is 0.116. The van der Waals surface area contributed by atoms with Crippen molar-refractivity contribution in [1.29, 1.82) is 0 Å². The van der Waals surface area contributed by atoms with Crippen LogP contribution < -0.4 is 19.5 Å². The zero-order chi connectivity index (χ0) is 21.5. The summed E-state index contributed by atoms with van der Waals surface area (Å²) in [6.07, 6.45) is 0.789. The van der Waals surface area contributed by atoms with Crippen LogP contribution in [-0.2, 0) is 13.0 Å². The summed E-state index contributed by atoms with van der Waals surface area (Å²) in [5.74, 6) is 2.50. The van der Waals surface area contributed by atoms with E-state index in [2.05, 4.69) is 19.2 Å². The van der Waals surface area contributed by atoms with E-state index in [0.29, 0.717) is 23.9 Å². The first-order valence-corrected chi connectivity index (χ1v) is 10.5. The van der Waals surface area contributed by atoms with E-state index in [1.165, 1.54) is 0 Å². The number of para-hydroxylation sites is 1. The molecule has 160 valence electrons. The van der Waals surface area contributed by atoms with Crippen molar-refractivity contribution in [1.82, 2.24) is 15.1 Å². The quantitative estimate of drug-likeness (QED) is 0.660. The number of ether oxygens (including phenoxy) is 3. The predicted octanol–water partition coefficient (Wildman–Crippen LogP) is 3.70. The van der Waals surface area contributed by atoms with Gasteiger partial charge in [0.25, 0.3) is 5.91 Å². The molecule has 7 nitrogen and oxygen atoms in total. The molecule has 0 bridgehead atoms. The summed E-state index contributed by atoms with van der Waals surface area (Å²) in [5.41, 5.74) is 4.45. The van der Waals surface area contributed by atoms with Gasteiger partial charge in [-0.2, -0.15) is 5.10 Å². The van der Waals surface area contributed by atoms with Crippen LogP contribution in [0.25, 0.3) is 0 Å². The second-order valence-electron chi connectivity index (χ2n) is 8.30. The molecule has 31 heavy (non-hydrogen) atoms. The number of hydrogen-bond donors (Lipinski definition) is 1. The van der Waals surface area contributed by atoms with E-state index in [4.69, 9.17) is 19.3 Å².